The van der Waals surface area contributed by atoms with E-state index in [0.29, 0.717) is 19.4 Å². The van der Waals surface area contributed by atoms with Gasteiger partial charge in [0.05, 0.1) is 6.54 Å². The van der Waals surface area contributed by atoms with Gasteiger partial charge in [0, 0.05) is 25.9 Å². The van der Waals surface area contributed by atoms with Gasteiger partial charge >= 0.3 is 5.97 Å². The zero-order valence-electron chi connectivity index (χ0n) is 14.6. The molecule has 2 heterocycles. The summed E-state index contributed by atoms with van der Waals surface area (Å²) in [6.45, 7) is 6.43. The van der Waals surface area contributed by atoms with Crippen molar-refractivity contribution in [1.29, 1.82) is 0 Å². The molecule has 2 aliphatic rings. The molecule has 5 heteroatoms. The quantitative estimate of drug-likeness (QED) is 0.483. The molecule has 2 saturated heterocycles. The van der Waals surface area contributed by atoms with E-state index in [1.165, 1.54) is 19.3 Å². The Morgan fingerprint density at radius 1 is 1.09 bits per heavy atom. The number of hydrogen-bond acceptors (Lipinski definition) is 4. The van der Waals surface area contributed by atoms with Crippen LogP contribution >= 0.6 is 0 Å². The van der Waals surface area contributed by atoms with Gasteiger partial charge in [0.25, 0.3) is 0 Å². The summed E-state index contributed by atoms with van der Waals surface area (Å²) >= 11 is 0. The maximum atomic E-state index is 12.1. The van der Waals surface area contributed by atoms with Crippen LogP contribution < -0.4 is 0 Å². The van der Waals surface area contributed by atoms with Crippen LogP contribution in [-0.2, 0) is 14.3 Å². The lowest BCUT2D eigenvalue weighted by atomic mass is 10.1. The summed E-state index contributed by atoms with van der Waals surface area (Å²) in [6.07, 6.45) is 8.70. The van der Waals surface area contributed by atoms with E-state index >= 15 is 0 Å². The molecule has 0 aromatic carbocycles. The van der Waals surface area contributed by atoms with Crippen LogP contribution in [0.5, 0.6) is 0 Å². The number of rotatable bonds is 9. The van der Waals surface area contributed by atoms with E-state index in [0.717, 1.165) is 51.9 Å². The van der Waals surface area contributed by atoms with Crippen molar-refractivity contribution in [1.82, 2.24) is 9.80 Å². The first-order chi connectivity index (χ1) is 11.2. The third kappa shape index (κ3) is 6.50. The molecular weight excluding hydrogens is 292 g/mol. The van der Waals surface area contributed by atoms with Crippen LogP contribution in [0.2, 0.25) is 0 Å². The molecule has 1 amide bonds. The first-order valence-corrected chi connectivity index (χ1v) is 9.38. The van der Waals surface area contributed by atoms with Crippen molar-refractivity contribution in [2.24, 2.45) is 0 Å². The van der Waals surface area contributed by atoms with Crippen molar-refractivity contribution >= 4 is 11.9 Å². The first-order valence-electron chi connectivity index (χ1n) is 9.38. The van der Waals surface area contributed by atoms with Gasteiger partial charge in [0.2, 0.25) is 5.91 Å². The maximum absolute atomic E-state index is 12.1. The molecule has 0 bridgehead atoms. The van der Waals surface area contributed by atoms with Gasteiger partial charge in [-0.25, -0.2) is 0 Å². The van der Waals surface area contributed by atoms with Crippen LogP contribution in [0.1, 0.15) is 64.7 Å². The summed E-state index contributed by atoms with van der Waals surface area (Å²) in [4.78, 5) is 28.2. The molecule has 132 valence electrons. The standard InChI is InChI=1S/C18H32N2O3/c1-2-3-5-10-18(22)23-16(14-19-11-6-4-7-12-19)15-20-13-8-9-17(20)21/h16H,2-15H2,1H3/t16-/m0/s1. The Morgan fingerprint density at radius 2 is 1.87 bits per heavy atom. The minimum Gasteiger partial charge on any atom is -0.459 e. The number of carbonyl (C=O) groups excluding carboxylic acids is 2. The molecule has 23 heavy (non-hydrogen) atoms. The molecule has 2 rings (SSSR count). The van der Waals surface area contributed by atoms with Gasteiger partial charge in [0.1, 0.15) is 6.10 Å². The van der Waals surface area contributed by atoms with E-state index in [2.05, 4.69) is 11.8 Å². The smallest absolute Gasteiger partial charge is 0.306 e. The van der Waals surface area contributed by atoms with Gasteiger partial charge < -0.3 is 9.64 Å². The van der Waals surface area contributed by atoms with Crippen LogP contribution in [0, 0.1) is 0 Å². The predicted molar refractivity (Wildman–Crippen MR) is 90.1 cm³/mol. The Kier molecular flexibility index (Phi) is 7.86. The van der Waals surface area contributed by atoms with E-state index in [1.54, 1.807) is 0 Å². The monoisotopic (exact) mass is 324 g/mol. The van der Waals surface area contributed by atoms with Crippen molar-refractivity contribution in [2.45, 2.75) is 70.8 Å². The molecule has 0 aromatic heterocycles. The van der Waals surface area contributed by atoms with Crippen molar-refractivity contribution in [2.75, 3.05) is 32.7 Å². The topological polar surface area (TPSA) is 49.9 Å². The Balaban J connectivity index is 1.84. The molecule has 0 N–H and O–H groups in total. The molecule has 0 aromatic rings. The van der Waals surface area contributed by atoms with Crippen molar-refractivity contribution < 1.29 is 14.3 Å². The van der Waals surface area contributed by atoms with Gasteiger partial charge in [0.15, 0.2) is 0 Å². The number of nitrogens with zero attached hydrogens (tertiary/aromatic N) is 2. The van der Waals surface area contributed by atoms with E-state index in [9.17, 15) is 9.59 Å². The van der Waals surface area contributed by atoms with E-state index in [-0.39, 0.29) is 18.0 Å². The molecule has 0 spiro atoms. The Bertz CT molecular complexity index is 380. The summed E-state index contributed by atoms with van der Waals surface area (Å²) in [5.74, 6) is 0.0998. The summed E-state index contributed by atoms with van der Waals surface area (Å²) in [6, 6.07) is 0. The molecule has 0 unspecified atom stereocenters. The normalized spacial score (nSPS) is 20.7. The van der Waals surface area contributed by atoms with E-state index in [1.807, 2.05) is 4.90 Å². The summed E-state index contributed by atoms with van der Waals surface area (Å²) in [5, 5.41) is 0. The van der Waals surface area contributed by atoms with Crippen LogP contribution in [0.25, 0.3) is 0 Å². The largest absolute Gasteiger partial charge is 0.459 e. The molecule has 1 atom stereocenters. The second kappa shape index (κ2) is 9.91. The lowest BCUT2D eigenvalue weighted by Gasteiger charge is -2.32. The predicted octanol–water partition coefficient (Wildman–Crippen LogP) is 2.59. The van der Waals surface area contributed by atoms with Crippen LogP contribution in [0.15, 0.2) is 0 Å². The molecule has 5 nitrogen and oxygen atoms in total. The average molecular weight is 324 g/mol. The molecule has 0 saturated carbocycles. The van der Waals surface area contributed by atoms with Gasteiger partial charge in [-0.05, 0) is 38.8 Å². The molecule has 0 radical (unpaired) electrons. The molecular formula is C18H32N2O3. The highest BCUT2D eigenvalue weighted by molar-refractivity contribution is 5.78. The number of amides is 1. The number of piperidine rings is 1. The fourth-order valence-electron chi connectivity index (χ4n) is 3.47. The Morgan fingerprint density at radius 3 is 2.52 bits per heavy atom. The SMILES string of the molecule is CCCCCC(=O)O[C@@H](CN1CCCCC1)CN1CCCC1=O. The van der Waals surface area contributed by atoms with Crippen LogP contribution in [0.4, 0.5) is 0 Å². The highest BCUT2D eigenvalue weighted by atomic mass is 16.5. The third-order valence-electron chi connectivity index (χ3n) is 4.79. The lowest BCUT2D eigenvalue weighted by molar-refractivity contribution is -0.152. The van der Waals surface area contributed by atoms with Crippen LogP contribution in [0.3, 0.4) is 0 Å². The fourth-order valence-corrected chi connectivity index (χ4v) is 3.47. The van der Waals surface area contributed by atoms with Gasteiger partial charge in [-0.1, -0.05) is 26.2 Å². The van der Waals surface area contributed by atoms with Crippen molar-refractivity contribution in [3.8, 4) is 0 Å². The minimum atomic E-state index is -0.177. The number of unbranched alkanes of at least 4 members (excludes halogenated alkanes) is 2. The number of hydrogen-bond donors (Lipinski definition) is 0. The van der Waals surface area contributed by atoms with Gasteiger partial charge in [-0.3, -0.25) is 14.5 Å². The molecule has 2 aliphatic heterocycles. The molecule has 2 fully saturated rings. The minimum absolute atomic E-state index is 0.105. The van der Waals surface area contributed by atoms with E-state index < -0.39 is 0 Å². The second-order valence-corrected chi connectivity index (χ2v) is 6.87. The maximum Gasteiger partial charge on any atom is 0.306 e. The van der Waals surface area contributed by atoms with Crippen molar-refractivity contribution in [3.63, 3.8) is 0 Å². The van der Waals surface area contributed by atoms with Gasteiger partial charge in [-0.15, -0.1) is 0 Å². The van der Waals surface area contributed by atoms with Crippen molar-refractivity contribution in [3.05, 3.63) is 0 Å². The fraction of sp³-hybridized carbons (Fsp3) is 0.889. The lowest BCUT2D eigenvalue weighted by Crippen LogP contribution is -2.44. The number of ether oxygens (including phenoxy) is 1. The summed E-state index contributed by atoms with van der Waals surface area (Å²) in [7, 11) is 0. The average Bonchev–Trinajstić information content (AvgIpc) is 2.93. The summed E-state index contributed by atoms with van der Waals surface area (Å²) in [5.41, 5.74) is 0. The molecule has 0 aliphatic carbocycles. The zero-order chi connectivity index (χ0) is 16.5. The highest BCUT2D eigenvalue weighted by Crippen LogP contribution is 2.15. The van der Waals surface area contributed by atoms with E-state index in [4.69, 9.17) is 4.74 Å². The van der Waals surface area contributed by atoms with Crippen LogP contribution in [-0.4, -0.2) is 60.5 Å². The number of carbonyl (C=O) groups is 2. The second-order valence-electron chi connectivity index (χ2n) is 6.87. The zero-order valence-corrected chi connectivity index (χ0v) is 14.6. The van der Waals surface area contributed by atoms with Gasteiger partial charge in [-0.2, -0.15) is 0 Å². The number of likely N-dealkylation sites (tertiary alicyclic amines) is 2. The Labute approximate surface area is 140 Å². The summed E-state index contributed by atoms with van der Waals surface area (Å²) < 4.78 is 5.74. The highest BCUT2D eigenvalue weighted by Gasteiger charge is 2.27. The first kappa shape index (κ1) is 18.2. The number of esters is 1. The third-order valence-corrected chi connectivity index (χ3v) is 4.79. The Hall–Kier alpha value is -1.10.